The molecule has 0 aliphatic heterocycles. The minimum atomic E-state index is 0.590. The minimum Gasteiger partial charge on any atom is -0.382 e. The van der Waals surface area contributed by atoms with Crippen molar-refractivity contribution in [2.24, 2.45) is 0 Å². The van der Waals surface area contributed by atoms with Crippen LogP contribution in [0.1, 0.15) is 6.42 Å². The van der Waals surface area contributed by atoms with E-state index in [4.69, 9.17) is 14.9 Å². The molecule has 0 aromatic carbocycles. The van der Waals surface area contributed by atoms with E-state index in [-0.39, 0.29) is 0 Å². The lowest BCUT2D eigenvalue weighted by atomic mass is 10.4. The second kappa shape index (κ2) is 7.06. The van der Waals surface area contributed by atoms with Gasteiger partial charge >= 0.3 is 0 Å². The van der Waals surface area contributed by atoms with Gasteiger partial charge in [0.05, 0.1) is 25.7 Å². The minimum absolute atomic E-state index is 0.590. The van der Waals surface area contributed by atoms with Crippen molar-refractivity contribution in [3.8, 4) is 0 Å². The largest absolute Gasteiger partial charge is 0.382 e. The normalized spacial score (nSPS) is 9.92. The number of nitrogens with one attached hydrogen (secondary N) is 1. The van der Waals surface area contributed by atoms with Crippen molar-refractivity contribution in [2.75, 3.05) is 41.0 Å². The van der Waals surface area contributed by atoms with Crippen molar-refractivity contribution < 1.29 is 9.47 Å². The molecule has 0 aromatic heterocycles. The maximum Gasteiger partial charge on any atom is 0.0975 e. The van der Waals surface area contributed by atoms with Gasteiger partial charge in [-0.2, -0.15) is 0 Å². The summed E-state index contributed by atoms with van der Waals surface area (Å²) in [6.45, 7) is 1.83. The van der Waals surface area contributed by atoms with Crippen LogP contribution in [0.5, 0.6) is 0 Å². The maximum atomic E-state index is 7.44. The van der Waals surface area contributed by atoms with Gasteiger partial charge in [0, 0.05) is 27.6 Å². The Morgan fingerprint density at radius 2 is 1.92 bits per heavy atom. The lowest BCUT2D eigenvalue weighted by molar-refractivity contribution is 0.0736. The quantitative estimate of drug-likeness (QED) is 0.364. The van der Waals surface area contributed by atoms with Crippen molar-refractivity contribution in [2.45, 2.75) is 6.42 Å². The van der Waals surface area contributed by atoms with Crippen molar-refractivity contribution in [3.05, 3.63) is 0 Å². The SMILES string of the molecule is COCCOCCC(=N)N(C)C. The standard InChI is InChI=1S/C8H18N2O2/c1-10(2)8(9)4-5-12-7-6-11-3/h9H,4-7H2,1-3H3. The first-order valence-corrected chi connectivity index (χ1v) is 4.00. The van der Waals surface area contributed by atoms with Gasteiger partial charge in [-0.15, -0.1) is 0 Å². The third-order valence-electron chi connectivity index (χ3n) is 1.45. The van der Waals surface area contributed by atoms with Crippen LogP contribution in [0.4, 0.5) is 0 Å². The molecule has 0 saturated carbocycles. The predicted molar refractivity (Wildman–Crippen MR) is 48.7 cm³/mol. The summed E-state index contributed by atoms with van der Waals surface area (Å²) in [5, 5.41) is 7.44. The highest BCUT2D eigenvalue weighted by molar-refractivity contribution is 5.78. The first-order valence-electron chi connectivity index (χ1n) is 4.00. The van der Waals surface area contributed by atoms with Crippen molar-refractivity contribution in [3.63, 3.8) is 0 Å². The predicted octanol–water partition coefficient (Wildman–Crippen LogP) is 0.578. The molecule has 72 valence electrons. The Labute approximate surface area is 74.0 Å². The highest BCUT2D eigenvalue weighted by Crippen LogP contribution is 1.88. The first-order chi connectivity index (χ1) is 5.68. The third-order valence-corrected chi connectivity index (χ3v) is 1.45. The zero-order valence-corrected chi connectivity index (χ0v) is 8.09. The van der Waals surface area contributed by atoms with Gasteiger partial charge < -0.3 is 14.4 Å². The van der Waals surface area contributed by atoms with Crippen LogP contribution >= 0.6 is 0 Å². The third kappa shape index (κ3) is 6.12. The van der Waals surface area contributed by atoms with Gasteiger partial charge in [0.25, 0.3) is 0 Å². The molecule has 0 amide bonds. The molecule has 0 saturated heterocycles. The molecular weight excluding hydrogens is 156 g/mol. The van der Waals surface area contributed by atoms with Crippen LogP contribution in [0.2, 0.25) is 0 Å². The lowest BCUT2D eigenvalue weighted by Gasteiger charge is -2.13. The molecule has 4 nitrogen and oxygen atoms in total. The summed E-state index contributed by atoms with van der Waals surface area (Å²) in [5.74, 6) is 0.590. The molecule has 0 heterocycles. The molecule has 0 rings (SSSR count). The fraction of sp³-hybridized carbons (Fsp3) is 0.875. The molecule has 1 N–H and O–H groups in total. The number of hydrogen-bond acceptors (Lipinski definition) is 3. The lowest BCUT2D eigenvalue weighted by Crippen LogP contribution is -2.22. The van der Waals surface area contributed by atoms with E-state index in [1.165, 1.54) is 0 Å². The molecule has 0 aliphatic rings. The van der Waals surface area contributed by atoms with Crippen LogP contribution in [0.25, 0.3) is 0 Å². The van der Waals surface area contributed by atoms with Crippen LogP contribution in [0.15, 0.2) is 0 Å². The molecule has 0 atom stereocenters. The maximum absolute atomic E-state index is 7.44. The summed E-state index contributed by atoms with van der Waals surface area (Å²) < 4.78 is 10.0. The van der Waals surface area contributed by atoms with E-state index in [1.54, 1.807) is 12.0 Å². The Balaban J connectivity index is 3.14. The number of hydrogen-bond donors (Lipinski definition) is 1. The molecule has 0 aliphatic carbocycles. The second-order valence-electron chi connectivity index (χ2n) is 2.70. The van der Waals surface area contributed by atoms with Crippen LogP contribution in [0.3, 0.4) is 0 Å². The molecule has 0 radical (unpaired) electrons. The number of methoxy groups -OCH3 is 1. The van der Waals surface area contributed by atoms with Gasteiger partial charge in [-0.1, -0.05) is 0 Å². The molecule has 12 heavy (non-hydrogen) atoms. The summed E-state index contributed by atoms with van der Waals surface area (Å²) in [5.41, 5.74) is 0. The molecule has 0 fully saturated rings. The number of amidine groups is 1. The van der Waals surface area contributed by atoms with E-state index in [2.05, 4.69) is 0 Å². The zero-order chi connectivity index (χ0) is 9.40. The zero-order valence-electron chi connectivity index (χ0n) is 8.09. The van der Waals surface area contributed by atoms with Gasteiger partial charge in [-0.3, -0.25) is 5.41 Å². The van der Waals surface area contributed by atoms with Gasteiger partial charge in [0.2, 0.25) is 0 Å². The average Bonchev–Trinajstić information content (AvgIpc) is 2.03. The van der Waals surface area contributed by atoms with E-state index >= 15 is 0 Å². The number of nitrogens with zero attached hydrogens (tertiary/aromatic N) is 1. The second-order valence-corrected chi connectivity index (χ2v) is 2.70. The molecular formula is C8H18N2O2. The van der Waals surface area contributed by atoms with Gasteiger partial charge in [0.15, 0.2) is 0 Å². The van der Waals surface area contributed by atoms with E-state index < -0.39 is 0 Å². The Morgan fingerprint density at radius 1 is 1.25 bits per heavy atom. The molecule has 4 heteroatoms. The summed E-state index contributed by atoms with van der Waals surface area (Å²) in [6, 6.07) is 0. The summed E-state index contributed by atoms with van der Waals surface area (Å²) in [6.07, 6.45) is 0.663. The Hall–Kier alpha value is -0.610. The summed E-state index contributed by atoms with van der Waals surface area (Å²) in [4.78, 5) is 1.78. The average molecular weight is 174 g/mol. The van der Waals surface area contributed by atoms with Gasteiger partial charge in [-0.25, -0.2) is 0 Å². The van der Waals surface area contributed by atoms with Crippen molar-refractivity contribution in [1.82, 2.24) is 4.90 Å². The number of ether oxygens (including phenoxy) is 2. The van der Waals surface area contributed by atoms with E-state index in [1.807, 2.05) is 14.1 Å². The van der Waals surface area contributed by atoms with Crippen LogP contribution < -0.4 is 0 Å². The molecule has 0 unspecified atom stereocenters. The van der Waals surface area contributed by atoms with Gasteiger partial charge in [-0.05, 0) is 0 Å². The Morgan fingerprint density at radius 3 is 2.42 bits per heavy atom. The molecule has 0 bridgehead atoms. The highest BCUT2D eigenvalue weighted by Gasteiger charge is 1.97. The fourth-order valence-electron chi connectivity index (χ4n) is 0.637. The Kier molecular flexibility index (Phi) is 6.70. The van der Waals surface area contributed by atoms with Crippen LogP contribution in [-0.2, 0) is 9.47 Å². The topological polar surface area (TPSA) is 45.6 Å². The Bertz CT molecular complexity index is 126. The smallest absolute Gasteiger partial charge is 0.0975 e. The van der Waals surface area contributed by atoms with E-state index in [0.29, 0.717) is 32.1 Å². The highest BCUT2D eigenvalue weighted by atomic mass is 16.5. The van der Waals surface area contributed by atoms with Crippen molar-refractivity contribution in [1.29, 1.82) is 5.41 Å². The molecule has 0 aromatic rings. The van der Waals surface area contributed by atoms with E-state index in [9.17, 15) is 0 Å². The monoisotopic (exact) mass is 174 g/mol. The summed E-state index contributed by atoms with van der Waals surface area (Å²) >= 11 is 0. The first kappa shape index (κ1) is 11.4. The molecule has 0 spiro atoms. The van der Waals surface area contributed by atoms with Crippen LogP contribution in [0, 0.1) is 5.41 Å². The van der Waals surface area contributed by atoms with Crippen LogP contribution in [-0.4, -0.2) is 51.8 Å². The summed E-state index contributed by atoms with van der Waals surface area (Å²) in [7, 11) is 5.36. The van der Waals surface area contributed by atoms with Gasteiger partial charge in [0.1, 0.15) is 0 Å². The number of rotatable bonds is 6. The fourth-order valence-corrected chi connectivity index (χ4v) is 0.637. The van der Waals surface area contributed by atoms with Crippen molar-refractivity contribution >= 4 is 5.84 Å². The van der Waals surface area contributed by atoms with E-state index in [0.717, 1.165) is 0 Å².